The van der Waals surface area contributed by atoms with Gasteiger partial charge in [0.05, 0.1) is 6.54 Å². The van der Waals surface area contributed by atoms with E-state index in [1.807, 2.05) is 9.80 Å². The van der Waals surface area contributed by atoms with Gasteiger partial charge >= 0.3 is 0 Å². The Balaban J connectivity index is 1.25. The molecule has 21 heavy (non-hydrogen) atoms. The van der Waals surface area contributed by atoms with Crippen molar-refractivity contribution in [1.82, 2.24) is 15.1 Å². The zero-order chi connectivity index (χ0) is 14.7. The van der Waals surface area contributed by atoms with E-state index in [2.05, 4.69) is 5.32 Å². The third-order valence-corrected chi connectivity index (χ3v) is 5.77. The molecule has 3 saturated heterocycles. The minimum Gasteiger partial charge on any atom is -0.341 e. The van der Waals surface area contributed by atoms with Crippen LogP contribution in [0.5, 0.6) is 0 Å². The van der Waals surface area contributed by atoms with Gasteiger partial charge in [-0.05, 0) is 25.8 Å². The van der Waals surface area contributed by atoms with Crippen LogP contribution in [-0.4, -0.2) is 66.9 Å². The minimum absolute atomic E-state index is 0.0163. The molecule has 1 amide bonds. The Labute approximate surface area is 123 Å². The molecule has 3 heterocycles. The van der Waals surface area contributed by atoms with E-state index in [1.165, 1.54) is 0 Å². The van der Waals surface area contributed by atoms with E-state index in [0.29, 0.717) is 11.8 Å². The van der Waals surface area contributed by atoms with Crippen molar-refractivity contribution in [2.75, 3.05) is 39.3 Å². The number of likely N-dealkylation sites (tertiary alicyclic amines) is 2. The fraction of sp³-hybridized carbons (Fsp3) is 0.933. The monoisotopic (exact) mass is 299 g/mol. The highest BCUT2D eigenvalue weighted by Gasteiger charge is 2.52. The van der Waals surface area contributed by atoms with E-state index < -0.39 is 5.92 Å². The van der Waals surface area contributed by atoms with Gasteiger partial charge < -0.3 is 10.2 Å². The summed E-state index contributed by atoms with van der Waals surface area (Å²) in [6.45, 7) is 4.50. The van der Waals surface area contributed by atoms with Crippen molar-refractivity contribution >= 4 is 5.91 Å². The van der Waals surface area contributed by atoms with Crippen molar-refractivity contribution in [2.45, 2.75) is 37.6 Å². The molecule has 4 rings (SSSR count). The van der Waals surface area contributed by atoms with E-state index in [0.717, 1.165) is 45.6 Å². The lowest BCUT2D eigenvalue weighted by Crippen LogP contribution is -2.73. The van der Waals surface area contributed by atoms with Crippen molar-refractivity contribution in [2.24, 2.45) is 11.3 Å². The number of alkyl halides is 2. The van der Waals surface area contributed by atoms with Gasteiger partial charge in [0.25, 0.3) is 5.92 Å². The van der Waals surface area contributed by atoms with E-state index in [9.17, 15) is 13.6 Å². The second-order valence-corrected chi connectivity index (χ2v) is 7.55. The highest BCUT2D eigenvalue weighted by molar-refractivity contribution is 5.81. The van der Waals surface area contributed by atoms with Crippen molar-refractivity contribution < 1.29 is 13.6 Å². The first-order chi connectivity index (χ1) is 9.96. The van der Waals surface area contributed by atoms with Crippen LogP contribution < -0.4 is 5.32 Å². The maximum Gasteiger partial charge on any atom is 0.260 e. The summed E-state index contributed by atoms with van der Waals surface area (Å²) in [5.74, 6) is -2.20. The van der Waals surface area contributed by atoms with E-state index in [4.69, 9.17) is 0 Å². The Bertz CT molecular complexity index is 438. The predicted octanol–water partition coefficient (Wildman–Crippen LogP) is 0.928. The Morgan fingerprint density at radius 2 is 1.86 bits per heavy atom. The molecular weight excluding hydrogens is 276 g/mol. The number of carbonyl (C=O) groups excluding carboxylic acids is 1. The molecule has 1 spiro atoms. The van der Waals surface area contributed by atoms with Crippen molar-refractivity contribution in [1.29, 1.82) is 0 Å². The lowest BCUT2D eigenvalue weighted by Gasteiger charge is -2.57. The average Bonchev–Trinajstić information content (AvgIpc) is 2.21. The molecule has 4 nitrogen and oxygen atoms in total. The highest BCUT2D eigenvalue weighted by Crippen LogP contribution is 2.41. The Hall–Kier alpha value is -0.750. The fourth-order valence-electron chi connectivity index (χ4n) is 4.27. The van der Waals surface area contributed by atoms with Crippen LogP contribution in [0.15, 0.2) is 0 Å². The molecule has 0 bridgehead atoms. The summed E-state index contributed by atoms with van der Waals surface area (Å²) in [7, 11) is 0. The highest BCUT2D eigenvalue weighted by atomic mass is 19.3. The summed E-state index contributed by atoms with van der Waals surface area (Å²) < 4.78 is 26.9. The van der Waals surface area contributed by atoms with Crippen LogP contribution in [0.4, 0.5) is 8.78 Å². The van der Waals surface area contributed by atoms with Crippen molar-refractivity contribution in [3.05, 3.63) is 0 Å². The van der Waals surface area contributed by atoms with Gasteiger partial charge in [-0.2, -0.15) is 0 Å². The summed E-state index contributed by atoms with van der Waals surface area (Å²) in [5, 5.41) is 3.26. The Morgan fingerprint density at radius 3 is 2.43 bits per heavy atom. The maximum atomic E-state index is 13.4. The molecule has 0 unspecified atom stereocenters. The average molecular weight is 299 g/mol. The quantitative estimate of drug-likeness (QED) is 0.824. The lowest BCUT2D eigenvalue weighted by molar-refractivity contribution is -0.158. The van der Waals surface area contributed by atoms with Gasteiger partial charge in [-0.25, -0.2) is 8.78 Å². The predicted molar refractivity (Wildman–Crippen MR) is 74.1 cm³/mol. The summed E-state index contributed by atoms with van der Waals surface area (Å²) >= 11 is 0. The number of nitrogens with zero attached hydrogens (tertiary/aromatic N) is 2. The Kier molecular flexibility index (Phi) is 3.05. The number of carbonyl (C=O) groups is 1. The zero-order valence-corrected chi connectivity index (χ0v) is 12.3. The van der Waals surface area contributed by atoms with Crippen LogP contribution in [0.2, 0.25) is 0 Å². The van der Waals surface area contributed by atoms with Gasteiger partial charge in [0.2, 0.25) is 5.91 Å². The number of amides is 1. The van der Waals surface area contributed by atoms with Crippen LogP contribution >= 0.6 is 0 Å². The van der Waals surface area contributed by atoms with E-state index >= 15 is 0 Å². The van der Waals surface area contributed by atoms with Crippen LogP contribution in [0.3, 0.4) is 0 Å². The number of hydrogen-bond donors (Lipinski definition) is 1. The fourth-order valence-corrected chi connectivity index (χ4v) is 4.27. The molecule has 1 saturated carbocycles. The molecule has 1 N–H and O–H groups in total. The van der Waals surface area contributed by atoms with Gasteiger partial charge in [-0.3, -0.25) is 9.69 Å². The van der Waals surface area contributed by atoms with Gasteiger partial charge in [0, 0.05) is 50.0 Å². The third-order valence-electron chi connectivity index (χ3n) is 5.77. The van der Waals surface area contributed by atoms with Crippen molar-refractivity contribution in [3.63, 3.8) is 0 Å². The zero-order valence-electron chi connectivity index (χ0n) is 12.3. The van der Waals surface area contributed by atoms with Gasteiger partial charge in [0.1, 0.15) is 0 Å². The first-order valence-corrected chi connectivity index (χ1v) is 8.08. The van der Waals surface area contributed by atoms with Crippen LogP contribution in [0, 0.1) is 11.3 Å². The van der Waals surface area contributed by atoms with Crippen LogP contribution in [-0.2, 0) is 4.79 Å². The molecule has 0 aromatic carbocycles. The molecule has 4 fully saturated rings. The molecule has 118 valence electrons. The molecule has 3 aliphatic heterocycles. The smallest absolute Gasteiger partial charge is 0.260 e. The standard InChI is InChI=1S/C15H23F2N3O/c16-15(17)2-1-3-19(10-15)12-4-11(5-12)13(21)20-8-14(9-20)6-18-7-14/h11-12,18H,1-10H2. The molecule has 0 atom stereocenters. The molecular formula is C15H23F2N3O. The molecule has 0 aromatic heterocycles. The first kappa shape index (κ1) is 13.9. The van der Waals surface area contributed by atoms with Crippen LogP contribution in [0.1, 0.15) is 25.7 Å². The lowest BCUT2D eigenvalue weighted by atomic mass is 9.71. The second-order valence-electron chi connectivity index (χ2n) is 7.55. The summed E-state index contributed by atoms with van der Waals surface area (Å²) in [6, 6.07) is 0.200. The molecule has 1 aliphatic carbocycles. The first-order valence-electron chi connectivity index (χ1n) is 8.08. The number of piperidine rings is 1. The molecule has 6 heteroatoms. The summed E-state index contributed by atoms with van der Waals surface area (Å²) in [4.78, 5) is 16.2. The number of rotatable bonds is 2. The molecule has 0 radical (unpaired) electrons. The van der Waals surface area contributed by atoms with Gasteiger partial charge in [-0.15, -0.1) is 0 Å². The Morgan fingerprint density at radius 1 is 1.14 bits per heavy atom. The van der Waals surface area contributed by atoms with Gasteiger partial charge in [0.15, 0.2) is 0 Å². The number of hydrogen-bond acceptors (Lipinski definition) is 3. The summed E-state index contributed by atoms with van der Waals surface area (Å²) in [6.07, 6.45) is 2.14. The second kappa shape index (κ2) is 4.62. The topological polar surface area (TPSA) is 35.6 Å². The van der Waals surface area contributed by atoms with E-state index in [1.54, 1.807) is 0 Å². The third kappa shape index (κ3) is 2.36. The SMILES string of the molecule is O=C(C1CC(N2CCCC(F)(F)C2)C1)N1CC2(CNC2)C1. The van der Waals surface area contributed by atoms with E-state index in [-0.39, 0.29) is 30.8 Å². The van der Waals surface area contributed by atoms with Crippen molar-refractivity contribution in [3.8, 4) is 0 Å². The molecule has 4 aliphatic rings. The normalized spacial score (nSPS) is 37.5. The molecule has 0 aromatic rings. The van der Waals surface area contributed by atoms with Gasteiger partial charge in [-0.1, -0.05) is 0 Å². The largest absolute Gasteiger partial charge is 0.341 e. The number of nitrogens with one attached hydrogen (secondary N) is 1. The number of halogens is 2. The van der Waals surface area contributed by atoms with Crippen LogP contribution in [0.25, 0.3) is 0 Å². The minimum atomic E-state index is -2.53. The maximum absolute atomic E-state index is 13.4. The summed E-state index contributed by atoms with van der Waals surface area (Å²) in [5.41, 5.74) is 0.369.